The van der Waals surface area contributed by atoms with E-state index in [1.807, 2.05) is 0 Å². The summed E-state index contributed by atoms with van der Waals surface area (Å²) >= 11 is 0. The van der Waals surface area contributed by atoms with Gasteiger partial charge in [0.2, 0.25) is 0 Å². The molecular formula is C44H84O3Si3. The van der Waals surface area contributed by atoms with Crippen LogP contribution < -0.4 is 0 Å². The molecule has 0 aromatic heterocycles. The summed E-state index contributed by atoms with van der Waals surface area (Å²) in [4.78, 5) is 0. The van der Waals surface area contributed by atoms with Crippen LogP contribution in [-0.4, -0.2) is 43.3 Å². The Balaban J connectivity index is 1.77. The molecule has 6 heteroatoms. The number of hydrogen-bond acceptors (Lipinski definition) is 3. The summed E-state index contributed by atoms with van der Waals surface area (Å²) < 4.78 is 21.0. The molecule has 7 atom stereocenters. The monoisotopic (exact) mass is 745 g/mol. The highest BCUT2D eigenvalue weighted by Crippen LogP contribution is 2.60. The van der Waals surface area contributed by atoms with Gasteiger partial charge in [-0.25, -0.2) is 0 Å². The number of allylic oxidation sites excluding steroid dienone is 3. The van der Waals surface area contributed by atoms with Gasteiger partial charge in [0.15, 0.2) is 25.0 Å². The standard InChI is InChI=1S/C44H84O3Si3/c1-32(22-20-23-33(2)45-48(14,15)41(4,5)6)37-27-28-38-36(24-21-29-44(37,38)13)26-25-35-30-39(46-49(16,17)42(7,8)9)34(3)40(31-35)47-50(18,19)43(10,11)12/h25-26,32-33,37-40H,3,20-24,27-31H2,1-2,4-19H3/b36-26+/t32-,33-,37+,38-,39+,40+,44+/m0/s1. The van der Waals surface area contributed by atoms with Gasteiger partial charge in [-0.05, 0) is 141 Å². The third kappa shape index (κ3) is 10.3. The van der Waals surface area contributed by atoms with Crippen LogP contribution in [0.1, 0.15) is 147 Å². The lowest BCUT2D eigenvalue weighted by atomic mass is 9.60. The zero-order chi connectivity index (χ0) is 38.3. The molecule has 50 heavy (non-hydrogen) atoms. The van der Waals surface area contributed by atoms with E-state index in [1.165, 1.54) is 62.5 Å². The van der Waals surface area contributed by atoms with E-state index in [1.54, 1.807) is 5.57 Å². The molecule has 3 saturated carbocycles. The fraction of sp³-hybridized carbons (Fsp3) is 0.864. The van der Waals surface area contributed by atoms with Crippen molar-refractivity contribution < 1.29 is 13.3 Å². The second-order valence-corrected chi connectivity index (χ2v) is 36.2. The topological polar surface area (TPSA) is 27.7 Å². The van der Waals surface area contributed by atoms with Crippen LogP contribution >= 0.6 is 0 Å². The zero-order valence-corrected chi connectivity index (χ0v) is 39.6. The van der Waals surface area contributed by atoms with Crippen LogP contribution in [0, 0.1) is 23.2 Å². The first-order valence-electron chi connectivity index (χ1n) is 20.6. The fourth-order valence-electron chi connectivity index (χ4n) is 8.57. The van der Waals surface area contributed by atoms with Crippen molar-refractivity contribution in [2.45, 2.75) is 220 Å². The van der Waals surface area contributed by atoms with Crippen molar-refractivity contribution in [1.29, 1.82) is 0 Å². The Morgan fingerprint density at radius 3 is 1.74 bits per heavy atom. The van der Waals surface area contributed by atoms with Crippen molar-refractivity contribution in [3.63, 3.8) is 0 Å². The van der Waals surface area contributed by atoms with Crippen molar-refractivity contribution in [3.05, 3.63) is 35.5 Å². The van der Waals surface area contributed by atoms with Gasteiger partial charge < -0.3 is 13.3 Å². The Kier molecular flexibility index (Phi) is 14.0. The second kappa shape index (κ2) is 15.8. The largest absolute Gasteiger partial charge is 0.414 e. The third-order valence-electron chi connectivity index (χ3n) is 15.0. The Labute approximate surface area is 315 Å². The van der Waals surface area contributed by atoms with Gasteiger partial charge in [0.1, 0.15) is 0 Å². The minimum Gasteiger partial charge on any atom is -0.414 e. The average molecular weight is 745 g/mol. The van der Waals surface area contributed by atoms with Gasteiger partial charge in [0, 0.05) is 6.10 Å². The molecule has 0 aromatic carbocycles. The van der Waals surface area contributed by atoms with Crippen molar-refractivity contribution >= 4 is 25.0 Å². The second-order valence-electron chi connectivity index (χ2n) is 22.0. The van der Waals surface area contributed by atoms with Crippen molar-refractivity contribution in [3.8, 4) is 0 Å². The lowest BCUT2D eigenvalue weighted by Crippen LogP contribution is -2.49. The van der Waals surface area contributed by atoms with Crippen molar-refractivity contribution in [2.75, 3.05) is 0 Å². The Hall–Kier alpha value is -0.249. The predicted molar refractivity (Wildman–Crippen MR) is 228 cm³/mol. The molecule has 3 fully saturated rings. The summed E-state index contributed by atoms with van der Waals surface area (Å²) in [5.41, 5.74) is 4.80. The van der Waals surface area contributed by atoms with Crippen LogP contribution in [0.15, 0.2) is 35.5 Å². The molecule has 290 valence electrons. The molecule has 0 spiro atoms. The molecule has 0 saturated heterocycles. The highest BCUT2D eigenvalue weighted by atomic mass is 28.4. The van der Waals surface area contributed by atoms with E-state index in [0.717, 1.165) is 30.6 Å². The van der Waals surface area contributed by atoms with E-state index >= 15 is 0 Å². The van der Waals surface area contributed by atoms with E-state index in [0.29, 0.717) is 11.5 Å². The van der Waals surface area contributed by atoms with Gasteiger partial charge in [-0.3, -0.25) is 0 Å². The first kappa shape index (κ1) is 44.1. The lowest BCUT2D eigenvalue weighted by molar-refractivity contribution is 0.0910. The Morgan fingerprint density at radius 2 is 1.26 bits per heavy atom. The van der Waals surface area contributed by atoms with E-state index in [2.05, 4.69) is 141 Å². The molecular weight excluding hydrogens is 661 g/mol. The molecule has 0 amide bonds. The predicted octanol–water partition coefficient (Wildman–Crippen LogP) is 14.4. The fourth-order valence-corrected chi connectivity index (χ4v) is 12.6. The normalized spacial score (nSPS) is 29.7. The van der Waals surface area contributed by atoms with Crippen molar-refractivity contribution in [2.24, 2.45) is 23.2 Å². The first-order chi connectivity index (χ1) is 22.5. The Morgan fingerprint density at radius 1 is 0.760 bits per heavy atom. The van der Waals surface area contributed by atoms with Crippen molar-refractivity contribution in [1.82, 2.24) is 0 Å². The van der Waals surface area contributed by atoms with Crippen LogP contribution in [-0.2, 0) is 13.3 Å². The Bertz CT molecular complexity index is 1180. The van der Waals surface area contributed by atoms with Gasteiger partial charge >= 0.3 is 0 Å². The van der Waals surface area contributed by atoms with E-state index in [4.69, 9.17) is 13.3 Å². The lowest BCUT2D eigenvalue weighted by Gasteiger charge is -2.46. The highest BCUT2D eigenvalue weighted by Gasteiger charge is 2.51. The van der Waals surface area contributed by atoms with Gasteiger partial charge in [0.05, 0.1) is 12.2 Å². The molecule has 0 N–H and O–H groups in total. The molecule has 0 bridgehead atoms. The SMILES string of the molecule is C=C1[C@H](O[Si](C)(C)C(C)(C)C)CC(=C/C=C2\CCC[C@]3(C)[C@@H]([C@@H](C)CCC[C@H](C)O[Si](C)(C)C(C)(C)C)CC[C@@H]23)C[C@H]1O[Si](C)(C)C(C)(C)C. The first-order valence-corrected chi connectivity index (χ1v) is 29.4. The molecule has 3 rings (SSSR count). The van der Waals surface area contributed by atoms with Crippen LogP contribution in [0.2, 0.25) is 54.4 Å². The molecule has 0 heterocycles. The molecule has 3 aliphatic rings. The molecule has 0 radical (unpaired) electrons. The van der Waals surface area contributed by atoms with E-state index in [9.17, 15) is 0 Å². The minimum absolute atomic E-state index is 0.0346. The van der Waals surface area contributed by atoms with Crippen LogP contribution in [0.3, 0.4) is 0 Å². The van der Waals surface area contributed by atoms with Crippen LogP contribution in [0.25, 0.3) is 0 Å². The van der Waals surface area contributed by atoms with E-state index < -0.39 is 25.0 Å². The van der Waals surface area contributed by atoms with E-state index in [-0.39, 0.29) is 27.3 Å². The maximum absolute atomic E-state index is 7.13. The maximum atomic E-state index is 7.13. The molecule has 0 aromatic rings. The smallest absolute Gasteiger partial charge is 0.192 e. The van der Waals surface area contributed by atoms with Gasteiger partial charge in [-0.1, -0.05) is 119 Å². The summed E-state index contributed by atoms with van der Waals surface area (Å²) in [5, 5.41) is 0.591. The average Bonchev–Trinajstić information content (AvgIpc) is 3.29. The third-order valence-corrected chi connectivity index (χ3v) is 28.6. The zero-order valence-electron chi connectivity index (χ0n) is 36.6. The molecule has 0 aliphatic heterocycles. The highest BCUT2D eigenvalue weighted by molar-refractivity contribution is 6.75. The summed E-state index contributed by atoms with van der Waals surface area (Å²) in [7, 11) is -5.66. The van der Waals surface area contributed by atoms with Crippen LogP contribution in [0.4, 0.5) is 0 Å². The summed E-state index contributed by atoms with van der Waals surface area (Å²) in [5.74, 6) is 2.32. The molecule has 3 aliphatic carbocycles. The number of hydrogen-bond donors (Lipinski definition) is 0. The minimum atomic E-state index is -1.98. The van der Waals surface area contributed by atoms with Gasteiger partial charge in [-0.2, -0.15) is 0 Å². The summed E-state index contributed by atoms with van der Waals surface area (Å²) in [6.45, 7) is 47.6. The molecule has 3 nitrogen and oxygen atoms in total. The quantitative estimate of drug-likeness (QED) is 0.147. The van der Waals surface area contributed by atoms with Gasteiger partial charge in [0.25, 0.3) is 0 Å². The molecule has 0 unspecified atom stereocenters. The van der Waals surface area contributed by atoms with Crippen LogP contribution in [0.5, 0.6) is 0 Å². The number of fused-ring (bicyclic) bond motifs is 1. The summed E-state index contributed by atoms with van der Waals surface area (Å²) in [6, 6.07) is 0. The maximum Gasteiger partial charge on any atom is 0.192 e. The number of rotatable bonds is 12. The van der Waals surface area contributed by atoms with Gasteiger partial charge in [-0.15, -0.1) is 0 Å². The summed E-state index contributed by atoms with van der Waals surface area (Å²) in [6.07, 6.45) is 17.9.